The normalized spacial score (nSPS) is 37.4. The minimum Gasteiger partial charge on any atom is -0.301 e. The Bertz CT molecular complexity index is 269. The maximum absolute atomic E-state index is 2.84. The highest BCUT2D eigenvalue weighted by Gasteiger charge is 2.44. The van der Waals surface area contributed by atoms with Gasteiger partial charge in [-0.15, -0.1) is 0 Å². The summed E-state index contributed by atoms with van der Waals surface area (Å²) >= 11 is 0. The van der Waals surface area contributed by atoms with Gasteiger partial charge >= 0.3 is 0 Å². The van der Waals surface area contributed by atoms with Crippen LogP contribution in [-0.4, -0.2) is 72.1 Å². The van der Waals surface area contributed by atoms with Crippen molar-refractivity contribution in [3.63, 3.8) is 0 Å². The van der Waals surface area contributed by atoms with E-state index in [0.29, 0.717) is 0 Å². The highest BCUT2D eigenvalue weighted by atomic mass is 15.4. The Hall–Kier alpha value is -0.120. The van der Waals surface area contributed by atoms with E-state index in [1.807, 2.05) is 0 Å². The van der Waals surface area contributed by atoms with Crippen LogP contribution in [-0.2, 0) is 0 Å². The highest BCUT2D eigenvalue weighted by molar-refractivity contribution is 5.01. The van der Waals surface area contributed by atoms with Gasteiger partial charge in [0.15, 0.2) is 0 Å². The van der Waals surface area contributed by atoms with E-state index >= 15 is 0 Å². The molecular formula is C14H27N3. The maximum atomic E-state index is 2.84. The number of piperidine rings is 1. The molecule has 98 valence electrons. The largest absolute Gasteiger partial charge is 0.301 e. The molecule has 0 amide bonds. The minimum absolute atomic E-state index is 0.733. The van der Waals surface area contributed by atoms with E-state index in [1.165, 1.54) is 45.4 Å². The molecule has 0 spiro atoms. The van der Waals surface area contributed by atoms with Crippen LogP contribution in [0, 0.1) is 0 Å². The molecule has 0 N–H and O–H groups in total. The van der Waals surface area contributed by atoms with E-state index in [2.05, 4.69) is 35.6 Å². The molecule has 2 unspecified atom stereocenters. The van der Waals surface area contributed by atoms with Crippen LogP contribution < -0.4 is 0 Å². The lowest BCUT2D eigenvalue weighted by atomic mass is 10.0. The van der Waals surface area contributed by atoms with Gasteiger partial charge in [-0.25, -0.2) is 0 Å². The lowest BCUT2D eigenvalue weighted by molar-refractivity contribution is 0.0548. The van der Waals surface area contributed by atoms with Crippen molar-refractivity contribution in [1.29, 1.82) is 0 Å². The van der Waals surface area contributed by atoms with Gasteiger partial charge in [0, 0.05) is 37.3 Å². The van der Waals surface area contributed by atoms with E-state index in [4.69, 9.17) is 0 Å². The molecular weight excluding hydrogens is 210 g/mol. The molecule has 0 aliphatic carbocycles. The molecule has 2 atom stereocenters. The quantitative estimate of drug-likeness (QED) is 0.715. The van der Waals surface area contributed by atoms with E-state index in [-0.39, 0.29) is 0 Å². The fourth-order valence-electron chi connectivity index (χ4n) is 4.08. The zero-order valence-corrected chi connectivity index (χ0v) is 11.6. The summed E-state index contributed by atoms with van der Waals surface area (Å²) in [7, 11) is 2.30. The molecule has 3 saturated heterocycles. The fraction of sp³-hybridized carbons (Fsp3) is 1.00. The molecule has 17 heavy (non-hydrogen) atoms. The molecule has 3 rings (SSSR count). The molecule has 0 aromatic heterocycles. The number of nitrogens with zero attached hydrogens (tertiary/aromatic N) is 3. The third-order valence-electron chi connectivity index (χ3n) is 5.26. The second-order valence-electron chi connectivity index (χ2n) is 6.54. The van der Waals surface area contributed by atoms with Gasteiger partial charge in [0.05, 0.1) is 0 Å². The average Bonchev–Trinajstić information content (AvgIpc) is 2.87. The molecule has 2 bridgehead atoms. The lowest BCUT2D eigenvalue weighted by Crippen LogP contribution is -2.53. The third-order valence-corrected chi connectivity index (χ3v) is 5.26. The van der Waals surface area contributed by atoms with Gasteiger partial charge in [0.25, 0.3) is 0 Å². The van der Waals surface area contributed by atoms with Crippen LogP contribution in [0.3, 0.4) is 0 Å². The van der Waals surface area contributed by atoms with Crippen LogP contribution in [0.5, 0.6) is 0 Å². The van der Waals surface area contributed by atoms with Gasteiger partial charge in [-0.3, -0.25) is 4.90 Å². The first-order valence-electron chi connectivity index (χ1n) is 7.35. The summed E-state index contributed by atoms with van der Waals surface area (Å²) in [5.74, 6) is 0. The van der Waals surface area contributed by atoms with E-state index in [1.54, 1.807) is 0 Å². The van der Waals surface area contributed by atoms with Gasteiger partial charge in [0.2, 0.25) is 0 Å². The Kier molecular flexibility index (Phi) is 3.18. The van der Waals surface area contributed by atoms with E-state index in [9.17, 15) is 0 Å². The molecule has 0 saturated carbocycles. The molecule has 3 heterocycles. The van der Waals surface area contributed by atoms with Crippen molar-refractivity contribution in [3.8, 4) is 0 Å². The zero-order valence-electron chi connectivity index (χ0n) is 11.6. The fourth-order valence-corrected chi connectivity index (χ4v) is 4.08. The topological polar surface area (TPSA) is 9.72 Å². The van der Waals surface area contributed by atoms with Gasteiger partial charge in [0.1, 0.15) is 0 Å². The number of fused-ring (bicyclic) bond motifs is 2. The zero-order chi connectivity index (χ0) is 12.0. The van der Waals surface area contributed by atoms with Crippen LogP contribution in [0.2, 0.25) is 0 Å². The predicted octanol–water partition coefficient (Wildman–Crippen LogP) is 1.25. The summed E-state index contributed by atoms with van der Waals surface area (Å²) in [6, 6.07) is 3.36. The van der Waals surface area contributed by atoms with Crippen molar-refractivity contribution < 1.29 is 0 Å². The minimum atomic E-state index is 0.733. The molecule has 3 fully saturated rings. The summed E-state index contributed by atoms with van der Waals surface area (Å²) in [4.78, 5) is 8.03. The van der Waals surface area contributed by atoms with Gasteiger partial charge < -0.3 is 9.80 Å². The van der Waals surface area contributed by atoms with Crippen LogP contribution in [0.25, 0.3) is 0 Å². The Labute approximate surface area is 106 Å². The SMILES string of the molecule is CC(C)N1CCC(N2CC3CC2CN3C)CC1. The summed E-state index contributed by atoms with van der Waals surface area (Å²) in [6.45, 7) is 9.93. The van der Waals surface area contributed by atoms with Crippen molar-refractivity contribution in [3.05, 3.63) is 0 Å². The first kappa shape index (κ1) is 11.9. The van der Waals surface area contributed by atoms with Crippen molar-refractivity contribution in [2.24, 2.45) is 0 Å². The van der Waals surface area contributed by atoms with Crippen LogP contribution in [0.15, 0.2) is 0 Å². The van der Waals surface area contributed by atoms with Crippen molar-refractivity contribution in [2.45, 2.75) is 57.3 Å². The summed E-state index contributed by atoms with van der Waals surface area (Å²) in [5.41, 5.74) is 0. The van der Waals surface area contributed by atoms with E-state index < -0.39 is 0 Å². The van der Waals surface area contributed by atoms with Crippen molar-refractivity contribution in [2.75, 3.05) is 33.2 Å². The standard InChI is InChI=1S/C14H27N3/c1-11(2)16-6-4-12(5-7-16)17-10-13-8-14(17)9-15(13)3/h11-14H,4-10H2,1-3H3. The van der Waals surface area contributed by atoms with Crippen molar-refractivity contribution >= 4 is 0 Å². The maximum Gasteiger partial charge on any atom is 0.0242 e. The van der Waals surface area contributed by atoms with Crippen LogP contribution >= 0.6 is 0 Å². The van der Waals surface area contributed by atoms with Gasteiger partial charge in [-0.2, -0.15) is 0 Å². The summed E-state index contributed by atoms with van der Waals surface area (Å²) < 4.78 is 0. The van der Waals surface area contributed by atoms with Crippen LogP contribution in [0.1, 0.15) is 33.1 Å². The highest BCUT2D eigenvalue weighted by Crippen LogP contribution is 2.33. The first-order chi connectivity index (χ1) is 8.15. The molecule has 3 nitrogen and oxygen atoms in total. The number of likely N-dealkylation sites (N-methyl/N-ethyl adjacent to an activating group) is 1. The third kappa shape index (κ3) is 2.13. The number of piperazine rings is 1. The number of hydrogen-bond donors (Lipinski definition) is 0. The molecule has 3 heteroatoms. The Morgan fingerprint density at radius 3 is 2.12 bits per heavy atom. The second-order valence-corrected chi connectivity index (χ2v) is 6.54. The lowest BCUT2D eigenvalue weighted by Gasteiger charge is -2.43. The molecule has 3 aliphatic rings. The average molecular weight is 237 g/mol. The molecule has 3 aliphatic heterocycles. The number of hydrogen-bond acceptors (Lipinski definition) is 3. The molecule has 0 radical (unpaired) electrons. The molecule has 0 aromatic rings. The number of likely N-dealkylation sites (tertiary alicyclic amines) is 3. The van der Waals surface area contributed by atoms with Crippen LogP contribution in [0.4, 0.5) is 0 Å². The molecule has 0 aromatic carbocycles. The summed E-state index contributed by atoms with van der Waals surface area (Å²) in [6.07, 6.45) is 4.22. The Morgan fingerprint density at radius 2 is 1.65 bits per heavy atom. The van der Waals surface area contributed by atoms with Gasteiger partial charge in [-0.05, 0) is 53.2 Å². The first-order valence-corrected chi connectivity index (χ1v) is 7.35. The summed E-state index contributed by atoms with van der Waals surface area (Å²) in [5, 5.41) is 0. The van der Waals surface area contributed by atoms with E-state index in [0.717, 1.165) is 24.2 Å². The smallest absolute Gasteiger partial charge is 0.0242 e. The Morgan fingerprint density at radius 1 is 0.941 bits per heavy atom. The Balaban J connectivity index is 1.55. The monoisotopic (exact) mass is 237 g/mol. The predicted molar refractivity (Wildman–Crippen MR) is 71.3 cm³/mol. The second kappa shape index (κ2) is 4.52. The van der Waals surface area contributed by atoms with Gasteiger partial charge in [-0.1, -0.05) is 0 Å². The van der Waals surface area contributed by atoms with Crippen molar-refractivity contribution in [1.82, 2.24) is 14.7 Å². The number of rotatable bonds is 2.